The molecule has 0 saturated heterocycles. The largest absolute Gasteiger partial charge is 0.346 e. The lowest BCUT2D eigenvalue weighted by Gasteiger charge is -1.97. The molecule has 0 saturated carbocycles. The minimum Gasteiger partial charge on any atom is -0.346 e. The number of nitrogens with zero attached hydrogens (tertiary/aromatic N) is 2. The summed E-state index contributed by atoms with van der Waals surface area (Å²) in [4.78, 5) is 21.9. The molecule has 4 nitrogen and oxygen atoms in total. The molecule has 2 aromatic rings. The molecule has 0 bridgehead atoms. The fourth-order valence-corrected chi connectivity index (χ4v) is 1.75. The Morgan fingerprint density at radius 3 is 3.07 bits per heavy atom. The number of H-pyrrole nitrogens is 1. The maximum absolute atomic E-state index is 10.9. The van der Waals surface area contributed by atoms with Gasteiger partial charge in [0, 0.05) is 12.6 Å². The second kappa shape index (κ2) is 3.98. The van der Waals surface area contributed by atoms with Gasteiger partial charge in [-0.15, -0.1) is 0 Å². The number of aromatic nitrogens is 3. The summed E-state index contributed by atoms with van der Waals surface area (Å²) in [6, 6.07) is 0. The van der Waals surface area contributed by atoms with Gasteiger partial charge in [0.25, 0.3) is 0 Å². The molecule has 5 heteroatoms. The average molecular weight is 224 g/mol. The Morgan fingerprint density at radius 1 is 1.53 bits per heavy atom. The summed E-state index contributed by atoms with van der Waals surface area (Å²) in [5.74, 6) is 0.164. The van der Waals surface area contributed by atoms with E-state index >= 15 is 0 Å². The van der Waals surface area contributed by atoms with Gasteiger partial charge in [0.1, 0.15) is 22.9 Å². The monoisotopic (exact) mass is 223 g/mol. The average Bonchev–Trinajstić information content (AvgIpc) is 2.59. The molecule has 0 amide bonds. The van der Waals surface area contributed by atoms with Crippen molar-refractivity contribution >= 4 is 28.4 Å². The summed E-state index contributed by atoms with van der Waals surface area (Å²) >= 11 is 5.96. The number of aryl methyl sites for hydroxylation is 1. The van der Waals surface area contributed by atoms with Gasteiger partial charge in [-0.25, -0.2) is 9.97 Å². The van der Waals surface area contributed by atoms with Crippen LogP contribution in [0.1, 0.15) is 18.9 Å². The van der Waals surface area contributed by atoms with E-state index in [2.05, 4.69) is 15.0 Å². The molecule has 0 fully saturated rings. The van der Waals surface area contributed by atoms with Crippen LogP contribution < -0.4 is 0 Å². The number of halogens is 1. The second-order valence-corrected chi connectivity index (χ2v) is 3.76. The van der Waals surface area contributed by atoms with Crippen LogP contribution in [0, 0.1) is 0 Å². The van der Waals surface area contributed by atoms with Crippen molar-refractivity contribution in [3.63, 3.8) is 0 Å². The maximum atomic E-state index is 10.9. The predicted octanol–water partition coefficient (Wildman–Crippen LogP) is 2.13. The summed E-state index contributed by atoms with van der Waals surface area (Å²) in [6.45, 7) is 1.58. The Morgan fingerprint density at radius 2 is 2.33 bits per heavy atom. The molecule has 0 spiro atoms. The minimum atomic E-state index is 0.164. The SMILES string of the molecule is CC(=O)CCc1c[nH]c2ncnc(Cl)c12. The van der Waals surface area contributed by atoms with E-state index in [9.17, 15) is 4.79 Å². The number of ketones is 1. The summed E-state index contributed by atoms with van der Waals surface area (Å²) in [7, 11) is 0. The topological polar surface area (TPSA) is 58.6 Å². The van der Waals surface area contributed by atoms with E-state index in [0.29, 0.717) is 23.6 Å². The quantitative estimate of drug-likeness (QED) is 0.811. The summed E-state index contributed by atoms with van der Waals surface area (Å²) in [5, 5.41) is 1.25. The Bertz CT molecular complexity index is 506. The molecule has 2 heterocycles. The van der Waals surface area contributed by atoms with E-state index in [4.69, 9.17) is 11.6 Å². The minimum absolute atomic E-state index is 0.164. The van der Waals surface area contributed by atoms with Crippen LogP contribution in [0.3, 0.4) is 0 Å². The maximum Gasteiger partial charge on any atom is 0.142 e. The Kier molecular flexibility index (Phi) is 2.68. The van der Waals surface area contributed by atoms with Crippen LogP contribution in [0.15, 0.2) is 12.5 Å². The van der Waals surface area contributed by atoms with Crippen molar-refractivity contribution in [1.82, 2.24) is 15.0 Å². The van der Waals surface area contributed by atoms with Gasteiger partial charge in [-0.3, -0.25) is 0 Å². The molecule has 0 aliphatic carbocycles. The fourth-order valence-electron chi connectivity index (χ4n) is 1.49. The van der Waals surface area contributed by atoms with Gasteiger partial charge in [-0.05, 0) is 18.9 Å². The van der Waals surface area contributed by atoms with Crippen molar-refractivity contribution in [3.8, 4) is 0 Å². The first-order valence-corrected chi connectivity index (χ1v) is 5.02. The number of carbonyl (C=O) groups excluding carboxylic acids is 1. The van der Waals surface area contributed by atoms with Gasteiger partial charge in [0.2, 0.25) is 0 Å². The first-order chi connectivity index (χ1) is 7.18. The molecule has 0 aromatic carbocycles. The molecule has 2 aromatic heterocycles. The third kappa shape index (κ3) is 1.99. The first-order valence-electron chi connectivity index (χ1n) is 4.64. The summed E-state index contributed by atoms with van der Waals surface area (Å²) in [5.41, 5.74) is 1.71. The van der Waals surface area contributed by atoms with Gasteiger partial charge in [0.05, 0.1) is 5.39 Å². The van der Waals surface area contributed by atoms with E-state index in [1.807, 2.05) is 6.20 Å². The molecule has 0 unspecified atom stereocenters. The third-order valence-electron chi connectivity index (χ3n) is 2.25. The molecular weight excluding hydrogens is 214 g/mol. The van der Waals surface area contributed by atoms with Crippen LogP contribution in [0.5, 0.6) is 0 Å². The number of aromatic amines is 1. The number of hydrogen-bond donors (Lipinski definition) is 1. The van der Waals surface area contributed by atoms with Crippen molar-refractivity contribution in [2.75, 3.05) is 0 Å². The lowest BCUT2D eigenvalue weighted by atomic mass is 10.1. The number of fused-ring (bicyclic) bond motifs is 1. The zero-order valence-corrected chi connectivity index (χ0v) is 9.01. The van der Waals surface area contributed by atoms with Crippen LogP contribution in [0.4, 0.5) is 0 Å². The van der Waals surface area contributed by atoms with Crippen molar-refractivity contribution in [2.24, 2.45) is 0 Å². The van der Waals surface area contributed by atoms with E-state index in [-0.39, 0.29) is 5.78 Å². The molecule has 15 heavy (non-hydrogen) atoms. The van der Waals surface area contributed by atoms with Gasteiger partial charge in [0.15, 0.2) is 0 Å². The molecule has 2 rings (SSSR count). The highest BCUT2D eigenvalue weighted by atomic mass is 35.5. The molecule has 0 aliphatic rings. The van der Waals surface area contributed by atoms with Crippen LogP contribution in [-0.4, -0.2) is 20.7 Å². The zero-order chi connectivity index (χ0) is 10.8. The van der Waals surface area contributed by atoms with Crippen molar-refractivity contribution < 1.29 is 4.79 Å². The number of Topliss-reactive ketones (excluding diaryl/α,β-unsaturated/α-hetero) is 1. The highest BCUT2D eigenvalue weighted by Gasteiger charge is 2.09. The molecule has 0 radical (unpaired) electrons. The number of hydrogen-bond acceptors (Lipinski definition) is 3. The van der Waals surface area contributed by atoms with Crippen LogP contribution in [0.25, 0.3) is 11.0 Å². The highest BCUT2D eigenvalue weighted by molar-refractivity contribution is 6.34. The van der Waals surface area contributed by atoms with Crippen molar-refractivity contribution in [1.29, 1.82) is 0 Å². The fraction of sp³-hybridized carbons (Fsp3) is 0.300. The molecular formula is C10H10ClN3O. The molecule has 78 valence electrons. The van der Waals surface area contributed by atoms with Crippen LogP contribution in [0.2, 0.25) is 5.15 Å². The normalized spacial score (nSPS) is 10.8. The van der Waals surface area contributed by atoms with Gasteiger partial charge in [-0.2, -0.15) is 0 Å². The molecule has 1 N–H and O–H groups in total. The number of nitrogens with one attached hydrogen (secondary N) is 1. The Hall–Kier alpha value is -1.42. The third-order valence-corrected chi connectivity index (χ3v) is 2.54. The van der Waals surface area contributed by atoms with Crippen LogP contribution in [-0.2, 0) is 11.2 Å². The standard InChI is InChI=1S/C10H10ClN3O/c1-6(15)2-3-7-4-12-10-8(7)9(11)13-5-14-10/h4-5H,2-3H2,1H3,(H,12,13,14). The highest BCUT2D eigenvalue weighted by Crippen LogP contribution is 2.23. The van der Waals surface area contributed by atoms with Gasteiger partial charge >= 0.3 is 0 Å². The Labute approximate surface area is 91.7 Å². The number of carbonyl (C=O) groups is 1. The first kappa shape index (κ1) is 10.1. The lowest BCUT2D eigenvalue weighted by Crippen LogP contribution is -1.93. The molecule has 0 atom stereocenters. The van der Waals surface area contributed by atoms with E-state index in [0.717, 1.165) is 10.9 Å². The lowest BCUT2D eigenvalue weighted by molar-refractivity contribution is -0.116. The smallest absolute Gasteiger partial charge is 0.142 e. The van der Waals surface area contributed by atoms with E-state index < -0.39 is 0 Å². The Balaban J connectivity index is 2.39. The van der Waals surface area contributed by atoms with Crippen molar-refractivity contribution in [3.05, 3.63) is 23.2 Å². The number of rotatable bonds is 3. The predicted molar refractivity (Wildman–Crippen MR) is 57.9 cm³/mol. The second-order valence-electron chi connectivity index (χ2n) is 3.40. The van der Waals surface area contributed by atoms with Gasteiger partial charge < -0.3 is 9.78 Å². The zero-order valence-electron chi connectivity index (χ0n) is 8.25. The van der Waals surface area contributed by atoms with Crippen LogP contribution >= 0.6 is 11.6 Å². The molecule has 0 aliphatic heterocycles. The van der Waals surface area contributed by atoms with E-state index in [1.54, 1.807) is 6.92 Å². The van der Waals surface area contributed by atoms with Crippen molar-refractivity contribution in [2.45, 2.75) is 19.8 Å². The van der Waals surface area contributed by atoms with E-state index in [1.165, 1.54) is 6.33 Å². The van der Waals surface area contributed by atoms with Gasteiger partial charge in [-0.1, -0.05) is 11.6 Å². The summed E-state index contributed by atoms with van der Waals surface area (Å²) in [6.07, 6.45) is 4.42. The summed E-state index contributed by atoms with van der Waals surface area (Å²) < 4.78 is 0.